The normalized spacial score (nSPS) is 12.9. The topological polar surface area (TPSA) is 66.0 Å². The number of para-hydroxylation sites is 1. The maximum Gasteiger partial charge on any atom is 0.152 e. The average Bonchev–Trinajstić information content (AvgIpc) is 3.11. The van der Waals surface area contributed by atoms with Gasteiger partial charge in [-0.1, -0.05) is 55.8 Å². The van der Waals surface area contributed by atoms with Crippen LogP contribution in [-0.2, 0) is 11.3 Å². The molecular formula is C22H23ClN4O. The van der Waals surface area contributed by atoms with Crippen molar-refractivity contribution < 1.29 is 4.74 Å². The Kier molecular flexibility index (Phi) is 5.20. The Morgan fingerprint density at radius 3 is 2.75 bits per heavy atom. The average molecular weight is 395 g/mol. The lowest BCUT2D eigenvalue weighted by Gasteiger charge is -2.24. The van der Waals surface area contributed by atoms with Crippen molar-refractivity contribution in [1.82, 2.24) is 14.5 Å². The number of halogens is 1. The van der Waals surface area contributed by atoms with Crippen molar-refractivity contribution in [2.75, 3.05) is 12.3 Å². The van der Waals surface area contributed by atoms with E-state index in [-0.39, 0.29) is 6.04 Å². The molecule has 1 unspecified atom stereocenters. The van der Waals surface area contributed by atoms with Crippen LogP contribution in [0, 0.1) is 5.92 Å². The third-order valence-electron chi connectivity index (χ3n) is 5.01. The number of pyridine rings is 1. The van der Waals surface area contributed by atoms with Crippen molar-refractivity contribution in [3.05, 3.63) is 65.4 Å². The molecule has 2 aromatic heterocycles. The largest absolute Gasteiger partial charge is 0.382 e. The van der Waals surface area contributed by atoms with E-state index in [1.165, 1.54) is 0 Å². The molecule has 0 aliphatic rings. The molecule has 2 aromatic carbocycles. The Balaban J connectivity index is 1.67. The number of hydrogen-bond donors (Lipinski definition) is 1. The standard InChI is InChI=1S/C22H23ClN4O/c1-14(2)19(12-28-11-15-6-5-7-16(23)10-15)27-13-25-20-21(27)17-8-3-4-9-18(17)26-22(20)24/h3-10,13-14,19H,11-12H2,1-2H3,(H2,24,26). The van der Waals surface area contributed by atoms with E-state index in [1.54, 1.807) is 0 Å². The fraction of sp³-hybridized carbons (Fsp3) is 0.273. The summed E-state index contributed by atoms with van der Waals surface area (Å²) in [5, 5.41) is 1.77. The number of hydrogen-bond acceptors (Lipinski definition) is 4. The zero-order valence-electron chi connectivity index (χ0n) is 16.0. The highest BCUT2D eigenvalue weighted by atomic mass is 35.5. The van der Waals surface area contributed by atoms with Gasteiger partial charge in [0.15, 0.2) is 5.82 Å². The molecule has 0 radical (unpaired) electrons. The molecule has 0 spiro atoms. The van der Waals surface area contributed by atoms with E-state index in [4.69, 9.17) is 22.1 Å². The molecule has 0 aliphatic carbocycles. The lowest BCUT2D eigenvalue weighted by atomic mass is 10.0. The second kappa shape index (κ2) is 7.78. The molecule has 5 nitrogen and oxygen atoms in total. The molecule has 2 heterocycles. The Labute approximate surface area is 169 Å². The van der Waals surface area contributed by atoms with E-state index in [2.05, 4.69) is 34.4 Å². The summed E-state index contributed by atoms with van der Waals surface area (Å²) >= 11 is 6.07. The molecule has 4 aromatic rings. The van der Waals surface area contributed by atoms with Crippen molar-refractivity contribution in [2.45, 2.75) is 26.5 Å². The molecule has 0 saturated carbocycles. The van der Waals surface area contributed by atoms with Crippen molar-refractivity contribution >= 4 is 39.4 Å². The highest BCUT2D eigenvalue weighted by Gasteiger charge is 2.21. The number of rotatable bonds is 6. The zero-order valence-corrected chi connectivity index (χ0v) is 16.7. The van der Waals surface area contributed by atoms with E-state index < -0.39 is 0 Å². The van der Waals surface area contributed by atoms with Gasteiger partial charge in [0, 0.05) is 10.4 Å². The first-order chi connectivity index (χ1) is 13.5. The van der Waals surface area contributed by atoms with Gasteiger partial charge in [-0.15, -0.1) is 0 Å². The van der Waals surface area contributed by atoms with Crippen LogP contribution in [0.5, 0.6) is 0 Å². The predicted molar refractivity (Wildman–Crippen MR) is 114 cm³/mol. The minimum absolute atomic E-state index is 0.120. The Bertz CT molecular complexity index is 1120. The summed E-state index contributed by atoms with van der Waals surface area (Å²) in [4.78, 5) is 9.04. The van der Waals surface area contributed by atoms with E-state index in [0.717, 1.165) is 32.5 Å². The fourth-order valence-corrected chi connectivity index (χ4v) is 3.75. The third kappa shape index (κ3) is 3.55. The number of nitrogen functional groups attached to an aromatic ring is 1. The van der Waals surface area contributed by atoms with Crippen LogP contribution in [0.3, 0.4) is 0 Å². The first-order valence-corrected chi connectivity index (χ1v) is 9.75. The SMILES string of the molecule is CC(C)C(COCc1cccc(Cl)c1)n1cnc2c(N)nc3ccccc3c21. The summed E-state index contributed by atoms with van der Waals surface area (Å²) < 4.78 is 8.24. The molecule has 28 heavy (non-hydrogen) atoms. The molecule has 0 aliphatic heterocycles. The lowest BCUT2D eigenvalue weighted by Crippen LogP contribution is -2.20. The predicted octanol–water partition coefficient (Wildman–Crippen LogP) is 5.23. The molecular weight excluding hydrogens is 372 g/mol. The number of nitrogens with zero attached hydrogens (tertiary/aromatic N) is 3. The summed E-state index contributed by atoms with van der Waals surface area (Å²) in [6, 6.07) is 15.9. The second-order valence-electron chi connectivity index (χ2n) is 7.32. The van der Waals surface area contributed by atoms with E-state index in [1.807, 2.05) is 48.8 Å². The van der Waals surface area contributed by atoms with Crippen LogP contribution in [0.4, 0.5) is 5.82 Å². The van der Waals surface area contributed by atoms with E-state index in [9.17, 15) is 0 Å². The van der Waals surface area contributed by atoms with Gasteiger partial charge in [0.25, 0.3) is 0 Å². The minimum atomic E-state index is 0.120. The number of benzene rings is 2. The molecule has 1 atom stereocenters. The first kappa shape index (κ1) is 18.7. The Morgan fingerprint density at radius 2 is 1.96 bits per heavy atom. The van der Waals surface area contributed by atoms with Gasteiger partial charge in [0.2, 0.25) is 0 Å². The Hall–Kier alpha value is -2.63. The highest BCUT2D eigenvalue weighted by Crippen LogP contribution is 2.31. The number of fused-ring (bicyclic) bond motifs is 3. The summed E-state index contributed by atoms with van der Waals surface area (Å²) in [6.45, 7) is 5.45. The van der Waals surface area contributed by atoms with Gasteiger partial charge in [-0.2, -0.15) is 0 Å². The minimum Gasteiger partial charge on any atom is -0.382 e. The zero-order chi connectivity index (χ0) is 19.7. The Morgan fingerprint density at radius 1 is 1.14 bits per heavy atom. The number of nitrogens with two attached hydrogens (primary N) is 1. The quantitative estimate of drug-likeness (QED) is 0.486. The number of anilines is 1. The van der Waals surface area contributed by atoms with Crippen molar-refractivity contribution in [3.63, 3.8) is 0 Å². The molecule has 2 N–H and O–H groups in total. The van der Waals surface area contributed by atoms with E-state index in [0.29, 0.717) is 24.9 Å². The van der Waals surface area contributed by atoms with Gasteiger partial charge in [0.1, 0.15) is 5.52 Å². The second-order valence-corrected chi connectivity index (χ2v) is 7.76. The molecule has 0 bridgehead atoms. The van der Waals surface area contributed by atoms with Gasteiger partial charge in [-0.25, -0.2) is 9.97 Å². The summed E-state index contributed by atoms with van der Waals surface area (Å²) in [5.74, 6) is 0.805. The molecule has 0 fully saturated rings. The molecule has 0 amide bonds. The van der Waals surface area contributed by atoms with Crippen molar-refractivity contribution in [1.29, 1.82) is 0 Å². The molecule has 144 valence electrons. The first-order valence-electron chi connectivity index (χ1n) is 9.37. The number of ether oxygens (including phenoxy) is 1. The summed E-state index contributed by atoms with van der Waals surface area (Å²) in [5.41, 5.74) is 9.85. The van der Waals surface area contributed by atoms with Gasteiger partial charge in [0.05, 0.1) is 36.6 Å². The van der Waals surface area contributed by atoms with E-state index >= 15 is 0 Å². The van der Waals surface area contributed by atoms with Gasteiger partial charge >= 0.3 is 0 Å². The van der Waals surface area contributed by atoms with Gasteiger partial charge in [-0.3, -0.25) is 0 Å². The molecule has 4 rings (SSSR count). The summed E-state index contributed by atoms with van der Waals surface area (Å²) in [6.07, 6.45) is 1.85. The smallest absolute Gasteiger partial charge is 0.152 e. The van der Waals surface area contributed by atoms with Crippen molar-refractivity contribution in [2.24, 2.45) is 5.92 Å². The van der Waals surface area contributed by atoms with Crippen LogP contribution in [0.1, 0.15) is 25.5 Å². The van der Waals surface area contributed by atoms with Crippen LogP contribution in [0.15, 0.2) is 54.9 Å². The van der Waals surface area contributed by atoms with Crippen LogP contribution < -0.4 is 5.73 Å². The van der Waals surface area contributed by atoms with Crippen LogP contribution in [0.25, 0.3) is 21.9 Å². The fourth-order valence-electron chi connectivity index (χ4n) is 3.54. The maximum atomic E-state index is 6.17. The van der Waals surface area contributed by atoms with Crippen LogP contribution in [0.2, 0.25) is 5.02 Å². The lowest BCUT2D eigenvalue weighted by molar-refractivity contribution is 0.0767. The molecule has 0 saturated heterocycles. The third-order valence-corrected chi connectivity index (χ3v) is 5.24. The highest BCUT2D eigenvalue weighted by molar-refractivity contribution is 6.30. The van der Waals surface area contributed by atoms with Crippen LogP contribution in [-0.4, -0.2) is 21.1 Å². The maximum absolute atomic E-state index is 6.17. The van der Waals surface area contributed by atoms with Gasteiger partial charge in [-0.05, 0) is 29.7 Å². The number of imidazole rings is 1. The van der Waals surface area contributed by atoms with Crippen molar-refractivity contribution in [3.8, 4) is 0 Å². The number of aromatic nitrogens is 3. The summed E-state index contributed by atoms with van der Waals surface area (Å²) in [7, 11) is 0. The monoisotopic (exact) mass is 394 g/mol. The molecule has 6 heteroatoms. The van der Waals surface area contributed by atoms with Crippen LogP contribution >= 0.6 is 11.6 Å². The van der Waals surface area contributed by atoms with Gasteiger partial charge < -0.3 is 15.0 Å².